The summed E-state index contributed by atoms with van der Waals surface area (Å²) in [5, 5.41) is 0. The molecule has 0 spiro atoms. The second-order valence-electron chi connectivity index (χ2n) is 37.5. The number of nitrogens with zero attached hydrogens (tertiary/aromatic N) is 4. The monoisotopic (exact) mass is 1670 g/mol. The Labute approximate surface area is 755 Å². The summed E-state index contributed by atoms with van der Waals surface area (Å²) >= 11 is 0. The maximum Gasteiger partial charge on any atom is 0.193 e. The number of carbonyl (C=O) groups is 4. The van der Waals surface area contributed by atoms with Gasteiger partial charge < -0.3 is 19.6 Å². The van der Waals surface area contributed by atoms with Crippen molar-refractivity contribution in [3.63, 3.8) is 0 Å². The molecule has 652 valence electrons. The van der Waals surface area contributed by atoms with Gasteiger partial charge in [-0.25, -0.2) is 0 Å². The van der Waals surface area contributed by atoms with E-state index < -0.39 is 0 Å². The number of hydrogen-bond acceptors (Lipinski definition) is 8. The van der Waals surface area contributed by atoms with Crippen molar-refractivity contribution in [2.45, 2.75) is 236 Å². The molecule has 13 aromatic rings. The van der Waals surface area contributed by atoms with Gasteiger partial charge in [-0.1, -0.05) is 291 Å². The van der Waals surface area contributed by atoms with Crippen LogP contribution in [0.4, 0.5) is 68.2 Å². The third kappa shape index (κ3) is 26.4. The molecule has 126 heavy (non-hydrogen) atoms. The molecule has 13 rings (SSSR count). The topological polar surface area (TPSA) is 81.2 Å². The summed E-state index contributed by atoms with van der Waals surface area (Å²) in [5.74, 6) is 2.64. The minimum Gasteiger partial charge on any atom is -0.311 e. The van der Waals surface area contributed by atoms with Gasteiger partial charge in [0.1, 0.15) is 0 Å². The fraction of sp³-hybridized carbons (Fsp3) is 0.305. The molecule has 13 aromatic carbocycles. The number of ketones is 4. The Bertz CT molecular complexity index is 5400. The second-order valence-corrected chi connectivity index (χ2v) is 37.5. The van der Waals surface area contributed by atoms with Crippen LogP contribution >= 0.6 is 0 Å². The van der Waals surface area contributed by atoms with E-state index in [-0.39, 0.29) is 39.4 Å². The molecule has 8 heteroatoms. The summed E-state index contributed by atoms with van der Waals surface area (Å²) in [7, 11) is 0. The lowest BCUT2D eigenvalue weighted by Crippen LogP contribution is -2.14. The van der Waals surface area contributed by atoms with E-state index in [4.69, 9.17) is 0 Å². The quantitative estimate of drug-likeness (QED) is 0.0412. The molecule has 0 atom stereocenters. The van der Waals surface area contributed by atoms with Crippen molar-refractivity contribution in [3.05, 3.63) is 394 Å². The Balaban J connectivity index is 0.000000176. The first-order chi connectivity index (χ1) is 60.2. The molecular formula is C118H136N4O4. The summed E-state index contributed by atoms with van der Waals surface area (Å²) < 4.78 is 0. The zero-order valence-electron chi connectivity index (χ0n) is 78.8. The molecule has 0 unspecified atom stereocenters. The van der Waals surface area contributed by atoms with Gasteiger partial charge in [0.05, 0.1) is 0 Å². The van der Waals surface area contributed by atoms with Crippen molar-refractivity contribution in [3.8, 4) is 0 Å². The molecule has 0 saturated carbocycles. The van der Waals surface area contributed by atoms with Gasteiger partial charge in [0.15, 0.2) is 23.1 Å². The lowest BCUT2D eigenvalue weighted by molar-refractivity contribution is 0.0972. The van der Waals surface area contributed by atoms with Crippen molar-refractivity contribution >= 4 is 91.4 Å². The first-order valence-corrected chi connectivity index (χ1v) is 45.8. The molecule has 0 fully saturated rings. The third-order valence-corrected chi connectivity index (χ3v) is 23.3. The SMILES string of the molecule is CC(C)c1ccc(N(c2ccc(C(C)(C)C)cc2)c2ccc(C(C)(C)C)cc2)cc1.CC(C)c1ccc(N(c2ccccc2)c2ccc(C(=O)c3ccc(C(C)(C)C)cc3)cc2)cc1.CCCCC(=O)c1ccc(N(c2ccc(C(=O)CCCC)cc2)c2ccc(C(C)C)cc2)cc1.CCCCC(=O)c1ccc(N(c2ccccc2)c2ccc(C(C)C)cc2)cc1. The zero-order chi connectivity index (χ0) is 90.8. The van der Waals surface area contributed by atoms with Gasteiger partial charge in [0.25, 0.3) is 0 Å². The highest BCUT2D eigenvalue weighted by Crippen LogP contribution is 2.42. The lowest BCUT2D eigenvalue weighted by Gasteiger charge is -2.28. The molecule has 0 heterocycles. The van der Waals surface area contributed by atoms with Crippen LogP contribution in [-0.2, 0) is 16.2 Å². The van der Waals surface area contributed by atoms with Gasteiger partial charge in [-0.05, 0) is 292 Å². The van der Waals surface area contributed by atoms with Crippen molar-refractivity contribution in [1.29, 1.82) is 0 Å². The largest absolute Gasteiger partial charge is 0.311 e. The summed E-state index contributed by atoms with van der Waals surface area (Å²) in [4.78, 5) is 59.3. The summed E-state index contributed by atoms with van der Waals surface area (Å²) in [6.45, 7) is 44.1. The van der Waals surface area contributed by atoms with Crippen molar-refractivity contribution in [1.82, 2.24) is 0 Å². The molecular weight excluding hydrogens is 1540 g/mol. The number of carbonyl (C=O) groups excluding carboxylic acids is 4. The molecule has 0 N–H and O–H groups in total. The van der Waals surface area contributed by atoms with Gasteiger partial charge in [0.2, 0.25) is 0 Å². The number of para-hydroxylation sites is 2. The van der Waals surface area contributed by atoms with Crippen molar-refractivity contribution in [2.24, 2.45) is 0 Å². The predicted molar refractivity (Wildman–Crippen MR) is 538 cm³/mol. The first-order valence-electron chi connectivity index (χ1n) is 45.8. The van der Waals surface area contributed by atoms with E-state index in [9.17, 15) is 19.2 Å². The van der Waals surface area contributed by atoms with E-state index in [0.29, 0.717) is 54.1 Å². The highest BCUT2D eigenvalue weighted by atomic mass is 16.1. The lowest BCUT2D eigenvalue weighted by atomic mass is 9.86. The number of hydrogen-bond donors (Lipinski definition) is 0. The molecule has 8 nitrogen and oxygen atoms in total. The van der Waals surface area contributed by atoms with Crippen LogP contribution in [0.2, 0.25) is 0 Å². The smallest absolute Gasteiger partial charge is 0.193 e. The molecule has 0 bridgehead atoms. The van der Waals surface area contributed by atoms with Crippen LogP contribution in [0.1, 0.15) is 306 Å². The van der Waals surface area contributed by atoms with Crippen molar-refractivity contribution < 1.29 is 19.2 Å². The molecule has 0 saturated heterocycles. The Morgan fingerprint density at radius 2 is 0.373 bits per heavy atom. The average Bonchev–Trinajstić information content (AvgIpc) is 0.795. The van der Waals surface area contributed by atoms with Crippen LogP contribution in [0.5, 0.6) is 0 Å². The number of rotatable bonds is 30. The van der Waals surface area contributed by atoms with E-state index >= 15 is 0 Å². The maximum atomic E-state index is 13.1. The molecule has 0 aromatic heterocycles. The third-order valence-electron chi connectivity index (χ3n) is 23.3. The second kappa shape index (κ2) is 45.1. The molecule has 0 radical (unpaired) electrons. The standard InChI is InChI=1S/C32H33NO.C31H37NO2.C29H37N.C26H29NO/c1-23(2)24-13-19-29(20-14-24)33(28-9-7-6-8-10-28)30-21-15-26(16-22-30)31(34)25-11-17-27(18-12-25)32(3,4)5;1-5-7-9-30(33)25-13-19-28(20-14-25)32(27-17-11-24(12-18-27)23(3)4)29-21-15-26(16-22-29)31(34)10-8-6-2;1-21(2)22-9-15-25(16-10-22)30(26-17-11-23(12-18-26)28(3,4)5)27-19-13-24(14-20-27)29(6,7)8;1-4-5-11-26(28)22-14-18-25(19-15-22)27(23-9-7-6-8-10-23)24-16-12-21(13-17-24)20(2)3/h6-23H,1-5H3;11-23H,5-10H2,1-4H3;9-21H,1-8H3;6-10,12-20H,4-5,11H2,1-3H3. The Morgan fingerprint density at radius 1 is 0.214 bits per heavy atom. The summed E-state index contributed by atoms with van der Waals surface area (Å²) in [6.07, 6.45) is 7.64. The number of unbranched alkanes of at least 4 members (excludes halogenated alkanes) is 3. The highest BCUT2D eigenvalue weighted by molar-refractivity contribution is 6.09. The highest BCUT2D eigenvalue weighted by Gasteiger charge is 2.24. The van der Waals surface area contributed by atoms with Crippen LogP contribution in [-0.4, -0.2) is 23.1 Å². The number of benzene rings is 13. The van der Waals surface area contributed by atoms with Gasteiger partial charge in [-0.3, -0.25) is 19.2 Å². The average molecular weight is 1670 g/mol. The van der Waals surface area contributed by atoms with Crippen LogP contribution in [0.25, 0.3) is 0 Å². The van der Waals surface area contributed by atoms with Gasteiger partial charge in [0, 0.05) is 115 Å². The van der Waals surface area contributed by atoms with Crippen LogP contribution in [0.15, 0.2) is 328 Å². The number of anilines is 12. The van der Waals surface area contributed by atoms with E-state index in [0.717, 1.165) is 106 Å². The van der Waals surface area contributed by atoms with Crippen LogP contribution in [0.3, 0.4) is 0 Å². The predicted octanol–water partition coefficient (Wildman–Crippen LogP) is 34.4. The van der Waals surface area contributed by atoms with Crippen molar-refractivity contribution in [2.75, 3.05) is 19.6 Å². The number of Topliss-reactive ketones (excluding diaryl/α,β-unsaturated/α-hetero) is 3. The van der Waals surface area contributed by atoms with Crippen LogP contribution in [0, 0.1) is 0 Å². The fourth-order valence-electron chi connectivity index (χ4n) is 15.1. The summed E-state index contributed by atoms with van der Waals surface area (Å²) in [5.41, 5.74) is 26.3. The summed E-state index contributed by atoms with van der Waals surface area (Å²) in [6, 6.07) is 113. The Kier molecular flexibility index (Phi) is 34.3. The molecule has 0 amide bonds. The van der Waals surface area contributed by atoms with E-state index in [1.165, 1.54) is 56.0 Å². The molecule has 0 aliphatic rings. The molecule has 0 aliphatic carbocycles. The van der Waals surface area contributed by atoms with Gasteiger partial charge in [-0.15, -0.1) is 0 Å². The van der Waals surface area contributed by atoms with Crippen LogP contribution < -0.4 is 19.6 Å². The molecule has 0 aliphatic heterocycles. The van der Waals surface area contributed by atoms with E-state index in [1.807, 2.05) is 146 Å². The van der Waals surface area contributed by atoms with Gasteiger partial charge in [-0.2, -0.15) is 0 Å². The first kappa shape index (κ1) is 96.0. The Morgan fingerprint density at radius 3 is 0.556 bits per heavy atom. The van der Waals surface area contributed by atoms with Gasteiger partial charge >= 0.3 is 0 Å². The zero-order valence-corrected chi connectivity index (χ0v) is 78.8. The normalized spacial score (nSPS) is 11.4. The van der Waals surface area contributed by atoms with E-state index in [2.05, 4.69) is 340 Å². The fourth-order valence-corrected chi connectivity index (χ4v) is 15.1. The maximum absolute atomic E-state index is 13.1. The minimum absolute atomic E-state index is 0.0413. The van der Waals surface area contributed by atoms with E-state index in [1.54, 1.807) is 0 Å². The Hall–Kier alpha value is -12.3. The minimum atomic E-state index is 0.0413.